The predicted molar refractivity (Wildman–Crippen MR) is 123 cm³/mol. The third-order valence-corrected chi connectivity index (χ3v) is 5.86. The molecule has 1 saturated heterocycles. The highest BCUT2D eigenvalue weighted by atomic mass is 35.5. The summed E-state index contributed by atoms with van der Waals surface area (Å²) < 4.78 is 6.54. The molecule has 8 heteroatoms. The number of carbonyl (C=O) groups is 1. The Hall–Kier alpha value is -3.06. The second-order valence-corrected chi connectivity index (χ2v) is 8.32. The third kappa shape index (κ3) is 4.51. The van der Waals surface area contributed by atoms with Crippen LogP contribution in [-0.2, 0) is 11.3 Å². The molecule has 2 heterocycles. The summed E-state index contributed by atoms with van der Waals surface area (Å²) in [6, 6.07) is 12.6. The number of amides is 1. The van der Waals surface area contributed by atoms with Gasteiger partial charge in [0.25, 0.3) is 0 Å². The molecule has 0 unspecified atom stereocenters. The van der Waals surface area contributed by atoms with Gasteiger partial charge in [0, 0.05) is 24.2 Å². The van der Waals surface area contributed by atoms with E-state index in [0.717, 1.165) is 24.9 Å². The van der Waals surface area contributed by atoms with Gasteiger partial charge in [-0.2, -0.15) is 4.98 Å². The van der Waals surface area contributed by atoms with Crippen LogP contribution in [0.4, 0.5) is 11.5 Å². The Morgan fingerprint density at radius 1 is 1.29 bits per heavy atom. The molecule has 1 aliphatic rings. The number of fused-ring (bicyclic) bond motifs is 1. The van der Waals surface area contributed by atoms with Crippen LogP contribution in [0.15, 0.2) is 47.3 Å². The van der Waals surface area contributed by atoms with E-state index in [4.69, 9.17) is 16.3 Å². The maximum atomic E-state index is 12.9. The maximum absolute atomic E-state index is 12.9. The second kappa shape index (κ2) is 8.98. The van der Waals surface area contributed by atoms with Crippen molar-refractivity contribution in [1.29, 1.82) is 0 Å². The maximum Gasteiger partial charge on any atom is 0.350 e. The molecule has 0 aliphatic carbocycles. The zero-order valence-corrected chi connectivity index (χ0v) is 18.4. The lowest BCUT2D eigenvalue weighted by atomic mass is 10.00. The molecule has 2 aromatic carbocycles. The first-order valence-corrected chi connectivity index (χ1v) is 10.7. The number of benzene rings is 2. The van der Waals surface area contributed by atoms with Gasteiger partial charge in [-0.1, -0.05) is 30.7 Å². The number of hydrogen-bond acceptors (Lipinski definition) is 5. The minimum absolute atomic E-state index is 0.146. The Balaban J connectivity index is 1.63. The molecule has 4 rings (SSSR count). The number of nitrogens with zero attached hydrogens (tertiary/aromatic N) is 3. The number of halogens is 1. The Kier molecular flexibility index (Phi) is 6.13. The second-order valence-electron chi connectivity index (χ2n) is 7.91. The van der Waals surface area contributed by atoms with E-state index in [0.29, 0.717) is 33.7 Å². The van der Waals surface area contributed by atoms with Crippen LogP contribution in [0.3, 0.4) is 0 Å². The number of piperidine rings is 1. The fourth-order valence-corrected chi connectivity index (χ4v) is 4.33. The van der Waals surface area contributed by atoms with E-state index in [2.05, 4.69) is 22.1 Å². The van der Waals surface area contributed by atoms with Gasteiger partial charge in [0.2, 0.25) is 5.91 Å². The number of methoxy groups -OCH3 is 1. The first-order valence-electron chi connectivity index (χ1n) is 10.3. The van der Waals surface area contributed by atoms with Crippen LogP contribution < -0.4 is 20.6 Å². The Morgan fingerprint density at radius 3 is 2.84 bits per heavy atom. The van der Waals surface area contributed by atoms with E-state index < -0.39 is 5.69 Å². The summed E-state index contributed by atoms with van der Waals surface area (Å²) in [5.74, 6) is 1.44. The van der Waals surface area contributed by atoms with E-state index in [1.165, 1.54) is 18.1 Å². The summed E-state index contributed by atoms with van der Waals surface area (Å²) in [5, 5.41) is 4.05. The summed E-state index contributed by atoms with van der Waals surface area (Å²) in [6.45, 7) is 3.82. The van der Waals surface area contributed by atoms with E-state index in [9.17, 15) is 9.59 Å². The highest BCUT2D eigenvalue weighted by Crippen LogP contribution is 2.28. The molecule has 0 spiro atoms. The Bertz CT molecular complexity index is 1180. The zero-order chi connectivity index (χ0) is 22.0. The lowest BCUT2D eigenvalue weighted by Crippen LogP contribution is -2.38. The summed E-state index contributed by atoms with van der Waals surface area (Å²) in [4.78, 5) is 32.2. The molecule has 1 aromatic heterocycles. The van der Waals surface area contributed by atoms with Crippen molar-refractivity contribution in [2.75, 3.05) is 30.4 Å². The van der Waals surface area contributed by atoms with Crippen molar-refractivity contribution in [2.24, 2.45) is 5.92 Å². The molecule has 1 aliphatic heterocycles. The first kappa shape index (κ1) is 21.2. The minimum atomic E-state index is -0.435. The van der Waals surface area contributed by atoms with E-state index in [1.54, 1.807) is 18.2 Å². The molecule has 1 atom stereocenters. The molecule has 1 N–H and O–H groups in total. The number of carbonyl (C=O) groups excluding carboxylic acids is 1. The van der Waals surface area contributed by atoms with Crippen LogP contribution in [0.2, 0.25) is 5.02 Å². The number of rotatable bonds is 5. The van der Waals surface area contributed by atoms with Gasteiger partial charge >= 0.3 is 5.69 Å². The predicted octanol–water partition coefficient (Wildman–Crippen LogP) is 3.93. The van der Waals surface area contributed by atoms with Crippen molar-refractivity contribution in [2.45, 2.75) is 26.3 Å². The quantitative estimate of drug-likeness (QED) is 0.650. The first-order chi connectivity index (χ1) is 15.0. The Labute approximate surface area is 185 Å². The molecule has 7 nitrogen and oxygen atoms in total. The van der Waals surface area contributed by atoms with Crippen molar-refractivity contribution in [3.63, 3.8) is 0 Å². The SMILES string of the molecule is COc1ccc(NC(=O)Cn2c(=O)nc(N3CCC[C@H](C)C3)c3ccccc32)cc1Cl. The average molecular weight is 441 g/mol. The van der Waals surface area contributed by atoms with E-state index in [-0.39, 0.29) is 12.5 Å². The number of aromatic nitrogens is 2. The van der Waals surface area contributed by atoms with Crippen LogP contribution in [0, 0.1) is 5.92 Å². The number of ether oxygens (including phenoxy) is 1. The average Bonchev–Trinajstić information content (AvgIpc) is 2.75. The van der Waals surface area contributed by atoms with Gasteiger partial charge in [-0.3, -0.25) is 9.36 Å². The minimum Gasteiger partial charge on any atom is -0.495 e. The standard InChI is InChI=1S/C23H25ClN4O3/c1-15-6-5-11-27(13-15)22-17-7-3-4-8-19(17)28(23(30)26-22)14-21(29)25-16-9-10-20(31-2)18(24)12-16/h3-4,7-10,12,15H,5-6,11,13-14H2,1-2H3,(H,25,29)/t15-/m0/s1. The molecular formula is C23H25ClN4O3. The monoisotopic (exact) mass is 440 g/mol. The summed E-state index contributed by atoms with van der Waals surface area (Å²) in [5.41, 5.74) is 0.786. The topological polar surface area (TPSA) is 76.5 Å². The van der Waals surface area contributed by atoms with Crippen molar-refractivity contribution >= 4 is 39.9 Å². The van der Waals surface area contributed by atoms with Crippen LogP contribution in [-0.4, -0.2) is 35.7 Å². The van der Waals surface area contributed by atoms with Crippen LogP contribution in [0.25, 0.3) is 10.9 Å². The largest absolute Gasteiger partial charge is 0.495 e. The fourth-order valence-electron chi connectivity index (χ4n) is 4.08. The summed E-state index contributed by atoms with van der Waals surface area (Å²) in [6.07, 6.45) is 2.26. The molecule has 0 saturated carbocycles. The van der Waals surface area contributed by atoms with Crippen molar-refractivity contribution in [3.05, 3.63) is 58.0 Å². The zero-order valence-electron chi connectivity index (χ0n) is 17.6. The number of para-hydroxylation sites is 1. The lowest BCUT2D eigenvalue weighted by Gasteiger charge is -2.32. The fraction of sp³-hybridized carbons (Fsp3) is 0.348. The van der Waals surface area contributed by atoms with Gasteiger partial charge in [0.1, 0.15) is 18.1 Å². The third-order valence-electron chi connectivity index (χ3n) is 5.56. The van der Waals surface area contributed by atoms with Gasteiger partial charge in [-0.25, -0.2) is 4.79 Å². The lowest BCUT2D eigenvalue weighted by molar-refractivity contribution is -0.116. The highest BCUT2D eigenvalue weighted by Gasteiger charge is 2.22. The molecule has 31 heavy (non-hydrogen) atoms. The van der Waals surface area contributed by atoms with Crippen LogP contribution >= 0.6 is 11.6 Å². The number of nitrogens with one attached hydrogen (secondary N) is 1. The van der Waals surface area contributed by atoms with Gasteiger partial charge < -0.3 is 15.0 Å². The molecule has 0 bridgehead atoms. The smallest absolute Gasteiger partial charge is 0.350 e. The van der Waals surface area contributed by atoms with Gasteiger partial charge in [-0.05, 0) is 49.1 Å². The van der Waals surface area contributed by atoms with Crippen molar-refractivity contribution < 1.29 is 9.53 Å². The molecule has 162 valence electrons. The molecule has 0 radical (unpaired) electrons. The van der Waals surface area contributed by atoms with Gasteiger partial charge in [0.15, 0.2) is 0 Å². The highest BCUT2D eigenvalue weighted by molar-refractivity contribution is 6.32. The van der Waals surface area contributed by atoms with Gasteiger partial charge in [-0.15, -0.1) is 0 Å². The molecule has 3 aromatic rings. The number of anilines is 2. The molecule has 1 amide bonds. The van der Waals surface area contributed by atoms with Crippen molar-refractivity contribution in [1.82, 2.24) is 9.55 Å². The van der Waals surface area contributed by atoms with E-state index in [1.807, 2.05) is 24.3 Å². The van der Waals surface area contributed by atoms with Crippen molar-refractivity contribution in [3.8, 4) is 5.75 Å². The summed E-state index contributed by atoms with van der Waals surface area (Å²) >= 11 is 6.13. The van der Waals surface area contributed by atoms with Gasteiger partial charge in [0.05, 0.1) is 17.6 Å². The van der Waals surface area contributed by atoms with E-state index >= 15 is 0 Å². The van der Waals surface area contributed by atoms with Crippen LogP contribution in [0.1, 0.15) is 19.8 Å². The summed E-state index contributed by atoms with van der Waals surface area (Å²) in [7, 11) is 1.53. The molecule has 1 fully saturated rings. The van der Waals surface area contributed by atoms with Crippen LogP contribution in [0.5, 0.6) is 5.75 Å². The number of hydrogen-bond donors (Lipinski definition) is 1. The Morgan fingerprint density at radius 2 is 2.10 bits per heavy atom. The molecular weight excluding hydrogens is 416 g/mol. The normalized spacial score (nSPS) is 16.4.